The van der Waals surface area contributed by atoms with Gasteiger partial charge in [0.1, 0.15) is 11.3 Å². The molecule has 0 fully saturated rings. The van der Waals surface area contributed by atoms with Crippen LogP contribution in [0.5, 0.6) is 0 Å². The number of hydrogen-bond acceptors (Lipinski definition) is 4. The van der Waals surface area contributed by atoms with Crippen molar-refractivity contribution in [3.05, 3.63) is 35.6 Å². The van der Waals surface area contributed by atoms with Crippen LogP contribution in [0, 0.1) is 6.92 Å². The summed E-state index contributed by atoms with van der Waals surface area (Å²) in [6.45, 7) is 4.61. The lowest BCUT2D eigenvalue weighted by atomic mass is 10.1. The molecule has 0 spiro atoms. The van der Waals surface area contributed by atoms with E-state index in [-0.39, 0.29) is 11.8 Å². The largest absolute Gasteiger partial charge is 0.459 e. The first-order valence-corrected chi connectivity index (χ1v) is 8.32. The Balaban J connectivity index is 2.01. The normalized spacial score (nSPS) is 13.8. The molecule has 2 rings (SSSR count). The van der Waals surface area contributed by atoms with Crippen LogP contribution in [-0.2, 0) is 10.0 Å². The van der Waals surface area contributed by atoms with E-state index in [1.165, 1.54) is 0 Å². The van der Waals surface area contributed by atoms with Gasteiger partial charge in [-0.15, -0.1) is 0 Å². The zero-order valence-electron chi connectivity index (χ0n) is 11.7. The van der Waals surface area contributed by atoms with Crippen molar-refractivity contribution in [1.82, 2.24) is 5.32 Å². The van der Waals surface area contributed by atoms with Crippen LogP contribution >= 0.6 is 0 Å². The summed E-state index contributed by atoms with van der Waals surface area (Å²) in [4.78, 5) is 0. The third-order valence-electron chi connectivity index (χ3n) is 3.33. The average molecular weight is 296 g/mol. The number of para-hydroxylation sites is 1. The van der Waals surface area contributed by atoms with Crippen LogP contribution in [-0.4, -0.2) is 20.7 Å². The van der Waals surface area contributed by atoms with Crippen LogP contribution < -0.4 is 10.5 Å². The first kappa shape index (κ1) is 15.0. The Labute approximate surface area is 119 Å². The molecule has 0 radical (unpaired) electrons. The highest BCUT2D eigenvalue weighted by atomic mass is 32.2. The van der Waals surface area contributed by atoms with Crippen molar-refractivity contribution in [3.63, 3.8) is 0 Å². The minimum Gasteiger partial charge on any atom is -0.459 e. The second-order valence-corrected chi connectivity index (χ2v) is 6.72. The van der Waals surface area contributed by atoms with Gasteiger partial charge in [0.2, 0.25) is 10.0 Å². The van der Waals surface area contributed by atoms with E-state index in [0.29, 0.717) is 13.0 Å². The van der Waals surface area contributed by atoms with Gasteiger partial charge in [-0.25, -0.2) is 13.6 Å². The summed E-state index contributed by atoms with van der Waals surface area (Å²) in [5.41, 5.74) is 1.99. The average Bonchev–Trinajstić information content (AvgIpc) is 2.72. The Morgan fingerprint density at radius 3 is 2.70 bits per heavy atom. The van der Waals surface area contributed by atoms with Crippen LogP contribution in [0.15, 0.2) is 28.7 Å². The summed E-state index contributed by atoms with van der Waals surface area (Å²) in [6, 6.07) is 7.94. The molecular weight excluding hydrogens is 276 g/mol. The summed E-state index contributed by atoms with van der Waals surface area (Å²) >= 11 is 0. The van der Waals surface area contributed by atoms with E-state index < -0.39 is 10.0 Å². The molecule has 0 aliphatic carbocycles. The summed E-state index contributed by atoms with van der Waals surface area (Å²) in [5, 5.41) is 9.34. The maximum Gasteiger partial charge on any atom is 0.209 e. The third-order valence-corrected chi connectivity index (χ3v) is 4.19. The van der Waals surface area contributed by atoms with Crippen molar-refractivity contribution in [2.45, 2.75) is 26.3 Å². The molecule has 0 aliphatic rings. The lowest BCUT2D eigenvalue weighted by Crippen LogP contribution is -2.24. The molecule has 1 heterocycles. The second kappa shape index (κ2) is 5.95. The molecule has 3 N–H and O–H groups in total. The molecule has 20 heavy (non-hydrogen) atoms. The Hall–Kier alpha value is -1.37. The van der Waals surface area contributed by atoms with Gasteiger partial charge < -0.3 is 9.73 Å². The SMILES string of the molecule is Cc1c(C(C)NCCCS(N)(=O)=O)oc2ccccc12. The van der Waals surface area contributed by atoms with E-state index in [9.17, 15) is 8.42 Å². The van der Waals surface area contributed by atoms with Gasteiger partial charge in [0.05, 0.1) is 11.8 Å². The smallest absolute Gasteiger partial charge is 0.209 e. The number of furan rings is 1. The standard InChI is InChI=1S/C14H20N2O3S/c1-10-12-6-3-4-7-13(12)19-14(10)11(2)16-8-5-9-20(15,17)18/h3-4,6-7,11,16H,5,8-9H2,1-2H3,(H2,15,17,18). The number of sulfonamides is 1. The van der Waals surface area contributed by atoms with E-state index >= 15 is 0 Å². The molecule has 0 aliphatic heterocycles. The predicted octanol–water partition coefficient (Wildman–Crippen LogP) is 2.07. The van der Waals surface area contributed by atoms with Gasteiger partial charge in [0.25, 0.3) is 0 Å². The van der Waals surface area contributed by atoms with Crippen molar-refractivity contribution < 1.29 is 12.8 Å². The number of benzene rings is 1. The van der Waals surface area contributed by atoms with Crippen molar-refractivity contribution in [2.24, 2.45) is 5.14 Å². The number of nitrogens with two attached hydrogens (primary N) is 1. The molecule has 5 nitrogen and oxygen atoms in total. The van der Waals surface area contributed by atoms with Crippen LogP contribution in [0.4, 0.5) is 0 Å². The Kier molecular flexibility index (Phi) is 4.47. The van der Waals surface area contributed by atoms with Gasteiger partial charge in [-0.3, -0.25) is 0 Å². The van der Waals surface area contributed by atoms with Crippen molar-refractivity contribution >= 4 is 21.0 Å². The summed E-state index contributed by atoms with van der Waals surface area (Å²) in [5.74, 6) is 0.882. The maximum absolute atomic E-state index is 10.8. The van der Waals surface area contributed by atoms with Crippen molar-refractivity contribution in [3.8, 4) is 0 Å². The number of hydrogen-bond donors (Lipinski definition) is 2. The predicted molar refractivity (Wildman–Crippen MR) is 80.0 cm³/mol. The number of fused-ring (bicyclic) bond motifs is 1. The minimum atomic E-state index is -3.38. The fraction of sp³-hybridized carbons (Fsp3) is 0.429. The Bertz CT molecular complexity index is 692. The number of nitrogens with one attached hydrogen (secondary N) is 1. The van der Waals surface area contributed by atoms with Gasteiger partial charge >= 0.3 is 0 Å². The number of primary sulfonamides is 1. The van der Waals surface area contributed by atoms with Gasteiger partial charge in [-0.1, -0.05) is 18.2 Å². The highest BCUT2D eigenvalue weighted by Crippen LogP contribution is 2.28. The maximum atomic E-state index is 10.8. The van der Waals surface area contributed by atoms with Crippen LogP contribution in [0.1, 0.15) is 30.7 Å². The number of rotatable bonds is 6. The second-order valence-electron chi connectivity index (χ2n) is 4.98. The lowest BCUT2D eigenvalue weighted by Gasteiger charge is -2.12. The lowest BCUT2D eigenvalue weighted by molar-refractivity contribution is 0.448. The summed E-state index contributed by atoms with van der Waals surface area (Å²) in [6.07, 6.45) is 0.489. The fourth-order valence-electron chi connectivity index (χ4n) is 2.29. The highest BCUT2D eigenvalue weighted by Gasteiger charge is 2.15. The van der Waals surface area contributed by atoms with Gasteiger partial charge in [-0.2, -0.15) is 0 Å². The van der Waals surface area contributed by atoms with E-state index in [2.05, 4.69) is 5.32 Å². The third kappa shape index (κ3) is 3.59. The summed E-state index contributed by atoms with van der Waals surface area (Å²) in [7, 11) is -3.38. The van der Waals surface area contributed by atoms with E-state index in [0.717, 1.165) is 22.3 Å². The molecule has 1 aromatic heterocycles. The fourth-order valence-corrected chi connectivity index (χ4v) is 2.84. The molecule has 0 saturated heterocycles. The van der Waals surface area contributed by atoms with Crippen LogP contribution in [0.2, 0.25) is 0 Å². The molecule has 0 saturated carbocycles. The molecule has 0 bridgehead atoms. The molecule has 110 valence electrons. The minimum absolute atomic E-state index is 0.00810. The van der Waals surface area contributed by atoms with Crippen LogP contribution in [0.25, 0.3) is 11.0 Å². The Morgan fingerprint density at radius 1 is 1.35 bits per heavy atom. The first-order chi connectivity index (χ1) is 9.38. The Morgan fingerprint density at radius 2 is 2.05 bits per heavy atom. The molecular formula is C14H20N2O3S. The molecule has 6 heteroatoms. The number of aryl methyl sites for hydroxylation is 1. The molecule has 1 unspecified atom stereocenters. The van der Waals surface area contributed by atoms with E-state index in [4.69, 9.17) is 9.56 Å². The van der Waals surface area contributed by atoms with Crippen molar-refractivity contribution in [1.29, 1.82) is 0 Å². The molecule has 0 amide bonds. The van der Waals surface area contributed by atoms with E-state index in [1.807, 2.05) is 38.1 Å². The molecule has 1 aromatic carbocycles. The molecule has 1 atom stereocenters. The first-order valence-electron chi connectivity index (χ1n) is 6.60. The molecule has 2 aromatic rings. The van der Waals surface area contributed by atoms with Gasteiger partial charge in [0.15, 0.2) is 0 Å². The summed E-state index contributed by atoms with van der Waals surface area (Å²) < 4.78 is 27.6. The zero-order chi connectivity index (χ0) is 14.8. The van der Waals surface area contributed by atoms with Gasteiger partial charge in [0, 0.05) is 5.39 Å². The quantitative estimate of drug-likeness (QED) is 0.799. The zero-order valence-corrected chi connectivity index (χ0v) is 12.5. The van der Waals surface area contributed by atoms with Crippen molar-refractivity contribution in [2.75, 3.05) is 12.3 Å². The van der Waals surface area contributed by atoms with E-state index in [1.54, 1.807) is 0 Å². The van der Waals surface area contributed by atoms with Gasteiger partial charge in [-0.05, 0) is 38.4 Å². The highest BCUT2D eigenvalue weighted by molar-refractivity contribution is 7.89. The topological polar surface area (TPSA) is 85.3 Å². The van der Waals surface area contributed by atoms with Crippen LogP contribution in [0.3, 0.4) is 0 Å². The monoisotopic (exact) mass is 296 g/mol.